The third-order valence-electron chi connectivity index (χ3n) is 5.19. The number of amides is 2. The Morgan fingerprint density at radius 3 is 2.66 bits per heavy atom. The molecule has 1 aliphatic heterocycles. The van der Waals surface area contributed by atoms with E-state index in [9.17, 15) is 14.7 Å². The number of pyridine rings is 1. The van der Waals surface area contributed by atoms with Crippen LogP contribution in [0.3, 0.4) is 0 Å². The summed E-state index contributed by atoms with van der Waals surface area (Å²) in [5.41, 5.74) is 1.67. The largest absolute Gasteiger partial charge is 0.395 e. The van der Waals surface area contributed by atoms with Crippen LogP contribution in [0.25, 0.3) is 0 Å². The molecule has 0 bridgehead atoms. The fourth-order valence-corrected chi connectivity index (χ4v) is 3.84. The number of carbonyl (C=O) groups is 2. The van der Waals surface area contributed by atoms with Crippen LogP contribution in [0.4, 0.5) is 0 Å². The molecule has 2 aromatic rings. The lowest BCUT2D eigenvalue weighted by atomic mass is 9.92. The quantitative estimate of drug-likeness (QED) is 0.696. The normalized spacial score (nSPS) is 18.8. The number of hydrogen-bond acceptors (Lipinski definition) is 5. The van der Waals surface area contributed by atoms with Crippen molar-refractivity contribution in [1.29, 1.82) is 0 Å². The van der Waals surface area contributed by atoms with Gasteiger partial charge in [-0.15, -0.1) is 0 Å². The first-order chi connectivity index (χ1) is 14.2. The zero-order chi connectivity index (χ0) is 20.6. The predicted molar refractivity (Wildman–Crippen MR) is 108 cm³/mol. The SMILES string of the molecule is COCCN1C(=O)C[C@@H](C(=O)N(CCO)Cc2ccccn2)[C@@H]1c1ccccc1. The van der Waals surface area contributed by atoms with Gasteiger partial charge in [-0.05, 0) is 17.7 Å². The Labute approximate surface area is 170 Å². The van der Waals surface area contributed by atoms with Crippen LogP contribution in [0.15, 0.2) is 54.7 Å². The second-order valence-electron chi connectivity index (χ2n) is 7.05. The number of benzene rings is 1. The van der Waals surface area contributed by atoms with Gasteiger partial charge in [-0.3, -0.25) is 14.6 Å². The van der Waals surface area contributed by atoms with Gasteiger partial charge in [0.15, 0.2) is 0 Å². The molecule has 7 nitrogen and oxygen atoms in total. The number of aliphatic hydroxyl groups excluding tert-OH is 1. The van der Waals surface area contributed by atoms with E-state index < -0.39 is 5.92 Å². The maximum absolute atomic E-state index is 13.5. The van der Waals surface area contributed by atoms with E-state index in [1.165, 1.54) is 0 Å². The number of aromatic nitrogens is 1. The highest BCUT2D eigenvalue weighted by molar-refractivity contribution is 5.90. The van der Waals surface area contributed by atoms with Crippen LogP contribution in [0, 0.1) is 5.92 Å². The Balaban J connectivity index is 1.88. The van der Waals surface area contributed by atoms with Crippen LogP contribution in [0.1, 0.15) is 23.7 Å². The minimum absolute atomic E-state index is 0.0592. The van der Waals surface area contributed by atoms with Gasteiger partial charge in [0.1, 0.15) is 0 Å². The van der Waals surface area contributed by atoms with E-state index in [-0.39, 0.29) is 37.4 Å². The molecule has 7 heteroatoms. The van der Waals surface area contributed by atoms with Crippen LogP contribution in [0.5, 0.6) is 0 Å². The third-order valence-corrected chi connectivity index (χ3v) is 5.19. The van der Waals surface area contributed by atoms with E-state index in [1.54, 1.807) is 23.1 Å². The first-order valence-electron chi connectivity index (χ1n) is 9.78. The molecule has 3 rings (SSSR count). The molecule has 0 radical (unpaired) electrons. The van der Waals surface area contributed by atoms with Crippen LogP contribution in [-0.2, 0) is 20.9 Å². The highest BCUT2D eigenvalue weighted by Crippen LogP contribution is 2.39. The Morgan fingerprint density at radius 1 is 1.24 bits per heavy atom. The van der Waals surface area contributed by atoms with Gasteiger partial charge in [0, 0.05) is 32.8 Å². The Bertz CT molecular complexity index is 800. The molecule has 0 spiro atoms. The topological polar surface area (TPSA) is 83.0 Å². The molecule has 1 fully saturated rings. The highest BCUT2D eigenvalue weighted by Gasteiger charge is 2.45. The Morgan fingerprint density at radius 2 is 2.00 bits per heavy atom. The summed E-state index contributed by atoms with van der Waals surface area (Å²) >= 11 is 0. The zero-order valence-electron chi connectivity index (χ0n) is 16.6. The van der Waals surface area contributed by atoms with Gasteiger partial charge < -0.3 is 19.6 Å². The number of nitrogens with zero attached hydrogens (tertiary/aromatic N) is 3. The summed E-state index contributed by atoms with van der Waals surface area (Å²) in [4.78, 5) is 33.8. The monoisotopic (exact) mass is 397 g/mol. The van der Waals surface area contributed by atoms with Crippen molar-refractivity contribution >= 4 is 11.8 Å². The van der Waals surface area contributed by atoms with Crippen molar-refractivity contribution in [2.45, 2.75) is 19.0 Å². The van der Waals surface area contributed by atoms with Gasteiger partial charge in [0.2, 0.25) is 11.8 Å². The molecule has 2 amide bonds. The van der Waals surface area contributed by atoms with Crippen LogP contribution < -0.4 is 0 Å². The Hall–Kier alpha value is -2.77. The van der Waals surface area contributed by atoms with E-state index in [0.29, 0.717) is 19.7 Å². The van der Waals surface area contributed by atoms with Crippen molar-refractivity contribution in [2.24, 2.45) is 5.92 Å². The molecule has 2 atom stereocenters. The van der Waals surface area contributed by atoms with E-state index >= 15 is 0 Å². The summed E-state index contributed by atoms with van der Waals surface area (Å²) in [6, 6.07) is 14.8. The average molecular weight is 397 g/mol. The lowest BCUT2D eigenvalue weighted by Crippen LogP contribution is -2.40. The molecule has 29 heavy (non-hydrogen) atoms. The van der Waals surface area contributed by atoms with Gasteiger partial charge in [0.25, 0.3) is 0 Å². The van der Waals surface area contributed by atoms with E-state index in [4.69, 9.17) is 4.74 Å². The predicted octanol–water partition coefficient (Wildman–Crippen LogP) is 1.64. The molecule has 1 aromatic carbocycles. The van der Waals surface area contributed by atoms with E-state index in [2.05, 4.69) is 4.98 Å². The number of carbonyl (C=O) groups excluding carboxylic acids is 2. The molecular formula is C22H27N3O4. The van der Waals surface area contributed by atoms with Gasteiger partial charge in [-0.1, -0.05) is 36.4 Å². The van der Waals surface area contributed by atoms with Gasteiger partial charge in [0.05, 0.1) is 37.4 Å². The minimum Gasteiger partial charge on any atom is -0.395 e. The number of rotatable bonds is 9. The lowest BCUT2D eigenvalue weighted by molar-refractivity contribution is -0.137. The van der Waals surface area contributed by atoms with Crippen LogP contribution in [-0.4, -0.2) is 65.1 Å². The molecule has 2 heterocycles. The van der Waals surface area contributed by atoms with Crippen molar-refractivity contribution in [3.8, 4) is 0 Å². The summed E-state index contributed by atoms with van der Waals surface area (Å²) in [6.07, 6.45) is 1.82. The van der Waals surface area contributed by atoms with E-state index in [1.807, 2.05) is 48.5 Å². The number of likely N-dealkylation sites (tertiary alicyclic amines) is 1. The first-order valence-corrected chi connectivity index (χ1v) is 9.78. The van der Waals surface area contributed by atoms with Gasteiger partial charge in [-0.25, -0.2) is 0 Å². The molecule has 0 unspecified atom stereocenters. The molecule has 1 N–H and O–H groups in total. The van der Waals surface area contributed by atoms with Crippen molar-refractivity contribution in [3.63, 3.8) is 0 Å². The number of hydrogen-bond donors (Lipinski definition) is 1. The molecule has 0 aliphatic carbocycles. The summed E-state index contributed by atoms with van der Waals surface area (Å²) in [5.74, 6) is -0.722. The number of ether oxygens (including phenoxy) is 1. The number of aliphatic hydroxyl groups is 1. The second-order valence-corrected chi connectivity index (χ2v) is 7.05. The standard InChI is InChI=1S/C22H27N3O4/c1-29-14-12-25-20(27)15-19(21(25)17-7-3-2-4-8-17)22(28)24(11-13-26)16-18-9-5-6-10-23-18/h2-10,19,21,26H,11-16H2,1H3/t19-,21+/m1/s1. The van der Waals surface area contributed by atoms with Gasteiger partial charge >= 0.3 is 0 Å². The minimum atomic E-state index is -0.517. The molecule has 0 saturated carbocycles. The zero-order valence-corrected chi connectivity index (χ0v) is 16.6. The first kappa shape index (κ1) is 21.0. The summed E-state index contributed by atoms with van der Waals surface area (Å²) in [6.45, 7) is 1.18. The second kappa shape index (κ2) is 10.1. The fourth-order valence-electron chi connectivity index (χ4n) is 3.84. The number of methoxy groups -OCH3 is 1. The third kappa shape index (κ3) is 4.99. The molecule has 1 saturated heterocycles. The van der Waals surface area contributed by atoms with Crippen molar-refractivity contribution in [3.05, 3.63) is 66.0 Å². The summed E-state index contributed by atoms with van der Waals surface area (Å²) < 4.78 is 5.17. The lowest BCUT2D eigenvalue weighted by Gasteiger charge is -2.31. The van der Waals surface area contributed by atoms with Crippen molar-refractivity contribution < 1.29 is 19.4 Å². The van der Waals surface area contributed by atoms with Gasteiger partial charge in [-0.2, -0.15) is 0 Å². The highest BCUT2D eigenvalue weighted by atomic mass is 16.5. The molecular weight excluding hydrogens is 370 g/mol. The maximum Gasteiger partial charge on any atom is 0.229 e. The van der Waals surface area contributed by atoms with Crippen molar-refractivity contribution in [1.82, 2.24) is 14.8 Å². The summed E-state index contributed by atoms with van der Waals surface area (Å²) in [7, 11) is 1.59. The van der Waals surface area contributed by atoms with Crippen molar-refractivity contribution in [2.75, 3.05) is 33.4 Å². The molecule has 1 aliphatic rings. The molecule has 154 valence electrons. The average Bonchev–Trinajstić information content (AvgIpc) is 3.09. The fraction of sp³-hybridized carbons (Fsp3) is 0.409. The summed E-state index contributed by atoms with van der Waals surface area (Å²) in [5, 5.41) is 9.50. The van der Waals surface area contributed by atoms with E-state index in [0.717, 1.165) is 11.3 Å². The molecule has 1 aromatic heterocycles. The van der Waals surface area contributed by atoms with Crippen LogP contribution in [0.2, 0.25) is 0 Å². The van der Waals surface area contributed by atoms with Crippen LogP contribution >= 0.6 is 0 Å². The smallest absolute Gasteiger partial charge is 0.229 e. The maximum atomic E-state index is 13.5. The Kier molecular flexibility index (Phi) is 7.32.